The molecule has 1 aromatic rings. The van der Waals surface area contributed by atoms with Crippen LogP contribution in [0.4, 0.5) is 0 Å². The number of benzene rings is 1. The number of imide groups is 1. The zero-order valence-corrected chi connectivity index (χ0v) is 12.2. The average molecular weight is 375 g/mol. The number of ether oxygens (including phenoxy) is 1. The molecule has 19 heavy (non-hydrogen) atoms. The number of halogens is 1. The number of carbonyl (C=O) groups is 3. The van der Waals surface area contributed by atoms with Crippen molar-refractivity contribution in [2.24, 2.45) is 0 Å². The molecule has 1 aliphatic rings. The first kappa shape index (κ1) is 13.8. The van der Waals surface area contributed by atoms with Gasteiger partial charge in [0.05, 0.1) is 12.7 Å². The van der Waals surface area contributed by atoms with Crippen molar-refractivity contribution >= 4 is 40.4 Å². The summed E-state index contributed by atoms with van der Waals surface area (Å²) >= 11 is 1.96. The third-order valence-corrected chi connectivity index (χ3v) is 3.51. The molecule has 100 valence electrons. The van der Waals surface area contributed by atoms with Crippen LogP contribution in [0, 0.1) is 3.57 Å². The number of nitrogens with zero attached hydrogens (tertiary/aromatic N) is 1. The van der Waals surface area contributed by atoms with Gasteiger partial charge in [0, 0.05) is 16.4 Å². The fourth-order valence-electron chi connectivity index (χ4n) is 1.58. The standard InChI is InChI=1S/C12H10INO5/c1-18-7-2-3-9(13)8(6-7)12(17)19-14-10(15)4-5-11(14)16/h2-3,6H,4-5H2,1H3. The smallest absolute Gasteiger partial charge is 0.365 e. The van der Waals surface area contributed by atoms with E-state index in [4.69, 9.17) is 9.57 Å². The Morgan fingerprint density at radius 2 is 1.89 bits per heavy atom. The van der Waals surface area contributed by atoms with Crippen molar-refractivity contribution in [2.45, 2.75) is 12.8 Å². The molecule has 0 saturated carbocycles. The minimum absolute atomic E-state index is 0.0708. The van der Waals surface area contributed by atoms with Crippen molar-refractivity contribution in [3.63, 3.8) is 0 Å². The second-order valence-electron chi connectivity index (χ2n) is 3.81. The van der Waals surface area contributed by atoms with E-state index in [0.717, 1.165) is 0 Å². The first-order valence-electron chi connectivity index (χ1n) is 5.44. The zero-order chi connectivity index (χ0) is 14.0. The van der Waals surface area contributed by atoms with Crippen molar-refractivity contribution in [3.05, 3.63) is 27.3 Å². The van der Waals surface area contributed by atoms with Crippen LogP contribution in [-0.4, -0.2) is 30.0 Å². The number of rotatable bonds is 3. The normalized spacial score (nSPS) is 14.7. The van der Waals surface area contributed by atoms with Crippen LogP contribution in [0.3, 0.4) is 0 Å². The highest BCUT2D eigenvalue weighted by molar-refractivity contribution is 14.1. The molecule has 0 unspecified atom stereocenters. The number of carbonyl (C=O) groups excluding carboxylic acids is 3. The average Bonchev–Trinajstić information content (AvgIpc) is 2.71. The van der Waals surface area contributed by atoms with Crippen molar-refractivity contribution in [1.82, 2.24) is 5.06 Å². The number of hydrogen-bond donors (Lipinski definition) is 0. The van der Waals surface area contributed by atoms with E-state index in [-0.39, 0.29) is 18.4 Å². The Balaban J connectivity index is 2.20. The van der Waals surface area contributed by atoms with E-state index in [0.29, 0.717) is 14.4 Å². The molecule has 0 aromatic heterocycles. The van der Waals surface area contributed by atoms with Gasteiger partial charge in [0.1, 0.15) is 5.75 Å². The summed E-state index contributed by atoms with van der Waals surface area (Å²) in [5.74, 6) is -1.27. The highest BCUT2D eigenvalue weighted by atomic mass is 127. The summed E-state index contributed by atoms with van der Waals surface area (Å²) in [6.45, 7) is 0. The topological polar surface area (TPSA) is 72.9 Å². The first-order chi connectivity index (χ1) is 9.02. The molecule has 7 heteroatoms. The molecule has 0 atom stereocenters. The van der Waals surface area contributed by atoms with Gasteiger partial charge in [-0.25, -0.2) is 4.79 Å². The molecule has 1 aliphatic heterocycles. The van der Waals surface area contributed by atoms with Crippen LogP contribution in [0.1, 0.15) is 23.2 Å². The summed E-state index contributed by atoms with van der Waals surface area (Å²) in [5.41, 5.74) is 0.243. The lowest BCUT2D eigenvalue weighted by Crippen LogP contribution is -2.32. The second-order valence-corrected chi connectivity index (χ2v) is 4.97. The molecule has 2 amide bonds. The van der Waals surface area contributed by atoms with Crippen LogP contribution < -0.4 is 4.74 Å². The molecule has 0 N–H and O–H groups in total. The Labute approximate surface area is 122 Å². The van der Waals surface area contributed by atoms with Crippen LogP contribution >= 0.6 is 22.6 Å². The maximum atomic E-state index is 12.0. The molecule has 0 aliphatic carbocycles. The summed E-state index contributed by atoms with van der Waals surface area (Å²) in [5, 5.41) is 0.526. The number of hydroxylamine groups is 2. The maximum absolute atomic E-state index is 12.0. The molecule has 1 fully saturated rings. The Morgan fingerprint density at radius 1 is 1.26 bits per heavy atom. The fourth-order valence-corrected chi connectivity index (χ4v) is 2.13. The molecule has 1 aromatic carbocycles. The van der Waals surface area contributed by atoms with E-state index in [1.54, 1.807) is 12.1 Å². The largest absolute Gasteiger partial charge is 0.497 e. The second kappa shape index (κ2) is 5.55. The van der Waals surface area contributed by atoms with Gasteiger partial charge < -0.3 is 9.57 Å². The molecule has 0 bridgehead atoms. The number of amides is 2. The van der Waals surface area contributed by atoms with Crippen molar-refractivity contribution in [1.29, 1.82) is 0 Å². The first-order valence-corrected chi connectivity index (χ1v) is 6.52. The molecule has 2 rings (SSSR count). The molecule has 1 heterocycles. The van der Waals surface area contributed by atoms with Gasteiger partial charge in [0.25, 0.3) is 11.8 Å². The SMILES string of the molecule is COc1ccc(I)c(C(=O)ON2C(=O)CCC2=O)c1. The van der Waals surface area contributed by atoms with Crippen LogP contribution in [0.15, 0.2) is 18.2 Å². The van der Waals surface area contributed by atoms with Gasteiger partial charge >= 0.3 is 5.97 Å². The maximum Gasteiger partial charge on any atom is 0.365 e. The van der Waals surface area contributed by atoms with Crippen LogP contribution in [0.2, 0.25) is 0 Å². The van der Waals surface area contributed by atoms with E-state index in [1.807, 2.05) is 22.6 Å². The third-order valence-electron chi connectivity index (χ3n) is 2.57. The lowest BCUT2D eigenvalue weighted by Gasteiger charge is -2.13. The highest BCUT2D eigenvalue weighted by Crippen LogP contribution is 2.21. The summed E-state index contributed by atoms with van der Waals surface area (Å²) in [7, 11) is 1.48. The van der Waals surface area contributed by atoms with Gasteiger partial charge in [-0.1, -0.05) is 0 Å². The third kappa shape index (κ3) is 2.86. The zero-order valence-electron chi connectivity index (χ0n) is 10.0. The van der Waals surface area contributed by atoms with E-state index in [2.05, 4.69) is 0 Å². The Morgan fingerprint density at radius 3 is 2.47 bits per heavy atom. The van der Waals surface area contributed by atoms with E-state index in [1.165, 1.54) is 13.2 Å². The molecule has 0 spiro atoms. The van der Waals surface area contributed by atoms with Gasteiger partial charge in [-0.2, -0.15) is 0 Å². The van der Waals surface area contributed by atoms with Gasteiger partial charge in [-0.05, 0) is 40.8 Å². The molecule has 6 nitrogen and oxygen atoms in total. The predicted octanol–water partition coefficient (Wildman–Crippen LogP) is 1.52. The van der Waals surface area contributed by atoms with Crippen LogP contribution in [0.25, 0.3) is 0 Å². The molecular formula is C12H10INO5. The molecule has 0 radical (unpaired) electrons. The summed E-state index contributed by atoms with van der Waals surface area (Å²) < 4.78 is 5.65. The van der Waals surface area contributed by atoms with Crippen LogP contribution in [-0.2, 0) is 14.4 Å². The van der Waals surface area contributed by atoms with Crippen molar-refractivity contribution < 1.29 is 24.0 Å². The highest BCUT2D eigenvalue weighted by Gasteiger charge is 2.33. The van der Waals surface area contributed by atoms with Gasteiger partial charge in [-0.15, -0.1) is 5.06 Å². The lowest BCUT2D eigenvalue weighted by molar-refractivity contribution is -0.172. The quantitative estimate of drug-likeness (QED) is 0.592. The monoisotopic (exact) mass is 375 g/mol. The van der Waals surface area contributed by atoms with Gasteiger partial charge in [0.15, 0.2) is 0 Å². The molecule has 1 saturated heterocycles. The summed E-state index contributed by atoms with van der Waals surface area (Å²) in [6.07, 6.45) is 0.142. The number of hydrogen-bond acceptors (Lipinski definition) is 5. The molecular weight excluding hydrogens is 365 g/mol. The Bertz CT molecular complexity index is 541. The minimum Gasteiger partial charge on any atom is -0.497 e. The van der Waals surface area contributed by atoms with E-state index >= 15 is 0 Å². The van der Waals surface area contributed by atoms with E-state index in [9.17, 15) is 14.4 Å². The van der Waals surface area contributed by atoms with Crippen molar-refractivity contribution in [2.75, 3.05) is 7.11 Å². The summed E-state index contributed by atoms with van der Waals surface area (Å²) in [4.78, 5) is 39.5. The minimum atomic E-state index is -0.757. The summed E-state index contributed by atoms with van der Waals surface area (Å²) in [6, 6.07) is 4.88. The van der Waals surface area contributed by atoms with Gasteiger partial charge in [-0.3, -0.25) is 9.59 Å². The fraction of sp³-hybridized carbons (Fsp3) is 0.250. The van der Waals surface area contributed by atoms with Gasteiger partial charge in [0.2, 0.25) is 0 Å². The predicted molar refractivity (Wildman–Crippen MR) is 72.2 cm³/mol. The van der Waals surface area contributed by atoms with Crippen LogP contribution in [0.5, 0.6) is 5.75 Å². The lowest BCUT2D eigenvalue weighted by atomic mass is 10.2. The Kier molecular flexibility index (Phi) is 4.03. The van der Waals surface area contributed by atoms with E-state index < -0.39 is 17.8 Å². The van der Waals surface area contributed by atoms with Crippen molar-refractivity contribution in [3.8, 4) is 5.75 Å². The number of methoxy groups -OCH3 is 1. The Hall–Kier alpha value is -1.64.